The summed E-state index contributed by atoms with van der Waals surface area (Å²) in [4.78, 5) is 16.5. The normalized spacial score (nSPS) is 10.2. The average molecular weight is 306 g/mol. The molecule has 0 aromatic carbocycles. The molecule has 0 atom stereocenters. The molecule has 0 bridgehead atoms. The third kappa shape index (κ3) is 3.63. The minimum Gasteiger partial charge on any atom is -0.383 e. The summed E-state index contributed by atoms with van der Waals surface area (Å²) in [7, 11) is 1.74. The van der Waals surface area contributed by atoms with Crippen molar-refractivity contribution in [3.05, 3.63) is 29.4 Å². The molecule has 110 valence electrons. The van der Waals surface area contributed by atoms with Crippen molar-refractivity contribution >= 4 is 34.8 Å². The second-order valence-electron chi connectivity index (χ2n) is 4.24. The van der Waals surface area contributed by atoms with Crippen molar-refractivity contribution in [2.45, 2.75) is 19.8 Å². The Morgan fingerprint density at radius 2 is 2.00 bits per heavy atom. The van der Waals surface area contributed by atoms with E-state index in [2.05, 4.69) is 30.6 Å². The summed E-state index contributed by atoms with van der Waals surface area (Å²) < 4.78 is 0. The molecule has 7 nitrogen and oxygen atoms in total. The fourth-order valence-corrected chi connectivity index (χ4v) is 1.99. The first-order chi connectivity index (χ1) is 10.2. The van der Waals surface area contributed by atoms with Crippen LogP contribution in [-0.2, 0) is 0 Å². The highest BCUT2D eigenvalue weighted by Gasteiger charge is 2.16. The van der Waals surface area contributed by atoms with Crippen LogP contribution in [0, 0.1) is 5.41 Å². The van der Waals surface area contributed by atoms with Gasteiger partial charge < -0.3 is 16.0 Å². The molecule has 0 saturated heterocycles. The molecular weight excluding hydrogens is 290 g/mol. The van der Waals surface area contributed by atoms with E-state index in [9.17, 15) is 0 Å². The van der Waals surface area contributed by atoms with Crippen LogP contribution in [0.4, 0.5) is 17.5 Å². The molecule has 2 rings (SSSR count). The number of halogens is 1. The Morgan fingerprint density at radius 3 is 2.62 bits per heavy atom. The highest BCUT2D eigenvalue weighted by atomic mass is 35.5. The second kappa shape index (κ2) is 6.94. The Morgan fingerprint density at radius 1 is 1.29 bits per heavy atom. The lowest BCUT2D eigenvalue weighted by molar-refractivity contribution is 0.976. The van der Waals surface area contributed by atoms with Crippen LogP contribution in [0.2, 0.25) is 5.28 Å². The van der Waals surface area contributed by atoms with Gasteiger partial charge in [0.15, 0.2) is 5.82 Å². The highest BCUT2D eigenvalue weighted by Crippen LogP contribution is 2.27. The van der Waals surface area contributed by atoms with Crippen LogP contribution in [0.1, 0.15) is 25.5 Å². The van der Waals surface area contributed by atoms with Gasteiger partial charge >= 0.3 is 0 Å². The van der Waals surface area contributed by atoms with Gasteiger partial charge in [-0.25, -0.2) is 15.0 Å². The van der Waals surface area contributed by atoms with Gasteiger partial charge in [-0.3, -0.25) is 0 Å². The molecule has 0 unspecified atom stereocenters. The van der Waals surface area contributed by atoms with Crippen molar-refractivity contribution in [1.82, 2.24) is 19.9 Å². The summed E-state index contributed by atoms with van der Waals surface area (Å²) in [5.41, 5.74) is 1.49. The smallest absolute Gasteiger partial charge is 0.228 e. The van der Waals surface area contributed by atoms with Gasteiger partial charge in [-0.05, 0) is 24.1 Å². The number of anilines is 3. The first-order valence-corrected chi connectivity index (χ1v) is 6.90. The largest absolute Gasteiger partial charge is 0.383 e. The lowest BCUT2D eigenvalue weighted by Crippen LogP contribution is -2.12. The van der Waals surface area contributed by atoms with Crippen LogP contribution in [0.15, 0.2) is 18.5 Å². The zero-order valence-electron chi connectivity index (χ0n) is 11.8. The fraction of sp³-hybridized carbons (Fsp3) is 0.308. The minimum absolute atomic E-state index is 0.0725. The van der Waals surface area contributed by atoms with E-state index < -0.39 is 0 Å². The Kier molecular flexibility index (Phi) is 4.99. The van der Waals surface area contributed by atoms with Gasteiger partial charge in [-0.2, -0.15) is 4.98 Å². The van der Waals surface area contributed by atoms with E-state index in [-0.39, 0.29) is 5.28 Å². The summed E-state index contributed by atoms with van der Waals surface area (Å²) in [5.74, 6) is 0.844. The quantitative estimate of drug-likeness (QED) is 0.560. The van der Waals surface area contributed by atoms with Gasteiger partial charge in [0.1, 0.15) is 11.4 Å². The topological polar surface area (TPSA) is 99.5 Å². The van der Waals surface area contributed by atoms with Gasteiger partial charge in [0, 0.05) is 19.4 Å². The minimum atomic E-state index is 0.0725. The molecule has 0 spiro atoms. The molecule has 21 heavy (non-hydrogen) atoms. The third-order valence-electron chi connectivity index (χ3n) is 2.71. The molecule has 2 aromatic heterocycles. The van der Waals surface area contributed by atoms with Crippen LogP contribution >= 0.6 is 11.6 Å². The molecule has 0 saturated carbocycles. The molecule has 3 N–H and O–H groups in total. The van der Waals surface area contributed by atoms with E-state index in [0.29, 0.717) is 35.3 Å². The molecule has 2 aromatic rings. The van der Waals surface area contributed by atoms with Crippen LogP contribution in [0.25, 0.3) is 0 Å². The average Bonchev–Trinajstić information content (AvgIpc) is 2.48. The number of nitrogens with zero attached hydrogens (tertiary/aromatic N) is 4. The first kappa shape index (κ1) is 15.1. The SMILES string of the molecule is CCCC(=N)c1nc(Cl)nc(Nc2ncccn2)c1NC. The summed E-state index contributed by atoms with van der Waals surface area (Å²) in [6.07, 6.45) is 4.71. The van der Waals surface area contributed by atoms with Gasteiger partial charge in [-0.15, -0.1) is 0 Å². The van der Waals surface area contributed by atoms with Crippen molar-refractivity contribution in [3.8, 4) is 0 Å². The summed E-state index contributed by atoms with van der Waals surface area (Å²) in [5, 5.41) is 14.2. The Bertz CT molecular complexity index is 630. The van der Waals surface area contributed by atoms with Crippen molar-refractivity contribution < 1.29 is 0 Å². The monoisotopic (exact) mass is 305 g/mol. The second-order valence-corrected chi connectivity index (χ2v) is 4.58. The van der Waals surface area contributed by atoms with E-state index >= 15 is 0 Å². The van der Waals surface area contributed by atoms with Crippen molar-refractivity contribution in [2.24, 2.45) is 0 Å². The molecular formula is C13H16ClN7. The number of hydrogen-bond acceptors (Lipinski definition) is 7. The van der Waals surface area contributed by atoms with E-state index in [1.165, 1.54) is 0 Å². The molecule has 0 aliphatic carbocycles. The van der Waals surface area contributed by atoms with Gasteiger partial charge in [-0.1, -0.05) is 13.3 Å². The molecule has 0 amide bonds. The predicted molar refractivity (Wildman–Crippen MR) is 83.6 cm³/mol. The van der Waals surface area contributed by atoms with E-state index in [0.717, 1.165) is 6.42 Å². The number of aromatic nitrogens is 4. The van der Waals surface area contributed by atoms with E-state index in [1.807, 2.05) is 6.92 Å². The first-order valence-electron chi connectivity index (χ1n) is 6.52. The molecule has 2 heterocycles. The number of nitrogens with one attached hydrogen (secondary N) is 3. The maximum atomic E-state index is 8.10. The standard InChI is InChI=1S/C13H16ClN7/c1-3-5-8(15)9-10(16-2)11(20-12(14)19-9)21-13-17-6-4-7-18-13/h4,6-7,15-16H,3,5H2,1-2H3,(H,17,18,19,20,21). The van der Waals surface area contributed by atoms with Crippen LogP contribution in [0.3, 0.4) is 0 Å². The zero-order chi connectivity index (χ0) is 15.2. The van der Waals surface area contributed by atoms with E-state index in [4.69, 9.17) is 17.0 Å². The lowest BCUT2D eigenvalue weighted by atomic mass is 10.1. The Hall–Kier alpha value is -2.28. The van der Waals surface area contributed by atoms with Crippen molar-refractivity contribution in [2.75, 3.05) is 17.7 Å². The maximum Gasteiger partial charge on any atom is 0.228 e. The molecule has 0 fully saturated rings. The van der Waals surface area contributed by atoms with Crippen molar-refractivity contribution in [3.63, 3.8) is 0 Å². The predicted octanol–water partition coefficient (Wildman–Crippen LogP) is 2.87. The Balaban J connectivity index is 2.43. The van der Waals surface area contributed by atoms with Gasteiger partial charge in [0.2, 0.25) is 11.2 Å². The Labute approximate surface area is 127 Å². The van der Waals surface area contributed by atoms with Crippen LogP contribution < -0.4 is 10.6 Å². The zero-order valence-corrected chi connectivity index (χ0v) is 12.6. The van der Waals surface area contributed by atoms with Gasteiger partial charge in [0.25, 0.3) is 0 Å². The summed E-state index contributed by atoms with van der Waals surface area (Å²) in [6.45, 7) is 2.01. The van der Waals surface area contributed by atoms with Crippen LogP contribution in [0.5, 0.6) is 0 Å². The molecule has 0 aliphatic rings. The maximum absolute atomic E-state index is 8.10. The third-order valence-corrected chi connectivity index (χ3v) is 2.88. The molecule has 8 heteroatoms. The summed E-state index contributed by atoms with van der Waals surface area (Å²) >= 11 is 5.96. The van der Waals surface area contributed by atoms with Crippen molar-refractivity contribution in [1.29, 1.82) is 5.41 Å². The number of hydrogen-bond donors (Lipinski definition) is 3. The highest BCUT2D eigenvalue weighted by molar-refractivity contribution is 6.28. The van der Waals surface area contributed by atoms with E-state index in [1.54, 1.807) is 25.5 Å². The number of rotatable bonds is 6. The molecule has 0 aliphatic heterocycles. The fourth-order valence-electron chi connectivity index (χ4n) is 1.82. The van der Waals surface area contributed by atoms with Crippen LogP contribution in [-0.4, -0.2) is 32.7 Å². The molecule has 0 radical (unpaired) electrons. The van der Waals surface area contributed by atoms with Gasteiger partial charge in [0.05, 0.1) is 5.71 Å². The summed E-state index contributed by atoms with van der Waals surface area (Å²) in [6, 6.07) is 1.72. The lowest BCUT2D eigenvalue weighted by Gasteiger charge is -2.14.